The molecule has 1 aliphatic rings. The van der Waals surface area contributed by atoms with E-state index in [0.29, 0.717) is 18.2 Å². The fourth-order valence-electron chi connectivity index (χ4n) is 3.94. The van der Waals surface area contributed by atoms with Crippen LogP contribution in [0.3, 0.4) is 0 Å². The molecule has 0 bridgehead atoms. The zero-order valence-corrected chi connectivity index (χ0v) is 19.8. The quantitative estimate of drug-likeness (QED) is 0.292. The fraction of sp³-hybridized carbons (Fsp3) is 0.375. The van der Waals surface area contributed by atoms with Gasteiger partial charge in [-0.3, -0.25) is 14.2 Å². The number of nitrogens with one attached hydrogen (secondary N) is 1. The minimum Gasteiger partial charge on any atom is -0.497 e. The van der Waals surface area contributed by atoms with Gasteiger partial charge in [-0.2, -0.15) is 0 Å². The Balaban J connectivity index is 1.42. The predicted octanol–water partition coefficient (Wildman–Crippen LogP) is 3.98. The van der Waals surface area contributed by atoms with Gasteiger partial charge >= 0.3 is 0 Å². The number of aryl methyl sites for hydroxylation is 2. The van der Waals surface area contributed by atoms with Gasteiger partial charge in [0.1, 0.15) is 10.6 Å². The van der Waals surface area contributed by atoms with Crippen molar-refractivity contribution in [2.24, 2.45) is 0 Å². The third-order valence-electron chi connectivity index (χ3n) is 5.58. The number of amides is 1. The van der Waals surface area contributed by atoms with Gasteiger partial charge in [-0.05, 0) is 55.4 Å². The van der Waals surface area contributed by atoms with Crippen LogP contribution >= 0.6 is 23.1 Å². The van der Waals surface area contributed by atoms with E-state index in [4.69, 9.17) is 9.72 Å². The van der Waals surface area contributed by atoms with Gasteiger partial charge in [0.2, 0.25) is 5.91 Å². The summed E-state index contributed by atoms with van der Waals surface area (Å²) >= 11 is 2.93. The Labute approximate surface area is 195 Å². The van der Waals surface area contributed by atoms with E-state index >= 15 is 0 Å². The Morgan fingerprint density at radius 3 is 2.84 bits per heavy atom. The van der Waals surface area contributed by atoms with E-state index in [-0.39, 0.29) is 17.2 Å². The highest BCUT2D eigenvalue weighted by Gasteiger charge is 2.22. The maximum Gasteiger partial charge on any atom is 0.263 e. The fourth-order valence-corrected chi connectivity index (χ4v) is 6.08. The molecule has 168 valence electrons. The highest BCUT2D eigenvalue weighted by atomic mass is 32.2. The molecule has 0 aliphatic heterocycles. The number of nitrogens with zero attached hydrogens (tertiary/aromatic N) is 2. The van der Waals surface area contributed by atoms with Crippen LogP contribution in [-0.4, -0.2) is 34.9 Å². The second kappa shape index (κ2) is 10.4. The number of methoxy groups -OCH3 is 1. The second-order valence-electron chi connectivity index (χ2n) is 7.73. The summed E-state index contributed by atoms with van der Waals surface area (Å²) in [4.78, 5) is 32.5. The summed E-state index contributed by atoms with van der Waals surface area (Å²) in [6.45, 7) is 4.72. The number of hydrogen-bond acceptors (Lipinski definition) is 6. The lowest BCUT2D eigenvalue weighted by Gasteiger charge is -2.12. The Morgan fingerprint density at radius 2 is 2.09 bits per heavy atom. The van der Waals surface area contributed by atoms with Crippen molar-refractivity contribution in [3.8, 4) is 5.75 Å². The Hall–Kier alpha value is -2.58. The van der Waals surface area contributed by atoms with E-state index in [1.807, 2.05) is 24.3 Å². The average Bonchev–Trinajstić information content (AvgIpc) is 3.19. The number of hydrogen-bond donors (Lipinski definition) is 1. The Morgan fingerprint density at radius 1 is 1.31 bits per heavy atom. The van der Waals surface area contributed by atoms with Crippen LogP contribution < -0.4 is 15.6 Å². The summed E-state index contributed by atoms with van der Waals surface area (Å²) in [5.74, 6) is 0.951. The smallest absolute Gasteiger partial charge is 0.263 e. The Kier molecular flexibility index (Phi) is 7.32. The van der Waals surface area contributed by atoms with Crippen molar-refractivity contribution < 1.29 is 9.53 Å². The molecule has 0 radical (unpaired) electrons. The number of thiophene rings is 1. The van der Waals surface area contributed by atoms with E-state index in [9.17, 15) is 9.59 Å². The van der Waals surface area contributed by atoms with Crippen molar-refractivity contribution in [1.29, 1.82) is 0 Å². The summed E-state index contributed by atoms with van der Waals surface area (Å²) in [5, 5.41) is 4.29. The number of fused-ring (bicyclic) bond motifs is 3. The highest BCUT2D eigenvalue weighted by Crippen LogP contribution is 2.34. The standard InChI is InChI=1S/C24H27N3O3S2/c1-3-14-27-23(29)21-18-6-4-5-7-19(18)32-22(21)26-24(27)31-15-20(28)25-13-12-16-8-10-17(30-2)11-9-16/h3,8-11H,1,4-7,12-15H2,2H3,(H,25,28). The predicted molar refractivity (Wildman–Crippen MR) is 131 cm³/mol. The molecule has 1 aliphatic carbocycles. The van der Waals surface area contributed by atoms with E-state index in [0.717, 1.165) is 47.2 Å². The van der Waals surface area contributed by atoms with Gasteiger partial charge in [0.25, 0.3) is 5.56 Å². The van der Waals surface area contributed by atoms with Crippen molar-refractivity contribution in [3.63, 3.8) is 0 Å². The molecule has 0 unspecified atom stereocenters. The van der Waals surface area contributed by atoms with Crippen LogP contribution in [0.15, 0.2) is 46.9 Å². The number of rotatable bonds is 9. The zero-order valence-electron chi connectivity index (χ0n) is 18.2. The molecular weight excluding hydrogens is 442 g/mol. The monoisotopic (exact) mass is 469 g/mol. The van der Waals surface area contributed by atoms with Crippen LogP contribution in [0, 0.1) is 0 Å². The van der Waals surface area contributed by atoms with E-state index in [2.05, 4.69) is 11.9 Å². The molecule has 0 fully saturated rings. The van der Waals surface area contributed by atoms with Crippen LogP contribution in [0.25, 0.3) is 10.2 Å². The number of benzene rings is 1. The topological polar surface area (TPSA) is 73.2 Å². The molecule has 0 saturated heterocycles. The molecule has 6 nitrogen and oxygen atoms in total. The maximum absolute atomic E-state index is 13.3. The summed E-state index contributed by atoms with van der Waals surface area (Å²) in [7, 11) is 1.64. The maximum atomic E-state index is 13.3. The molecule has 0 spiro atoms. The van der Waals surface area contributed by atoms with Crippen LogP contribution in [-0.2, 0) is 30.6 Å². The molecule has 0 atom stereocenters. The lowest BCUT2D eigenvalue weighted by Crippen LogP contribution is -2.28. The highest BCUT2D eigenvalue weighted by molar-refractivity contribution is 7.99. The molecule has 2 heterocycles. The normalized spacial score (nSPS) is 13.0. The van der Waals surface area contributed by atoms with Crippen LogP contribution in [0.4, 0.5) is 0 Å². The molecular formula is C24H27N3O3S2. The Bertz CT molecular complexity index is 1180. The number of carbonyl (C=O) groups excluding carboxylic acids is 1. The summed E-state index contributed by atoms with van der Waals surface area (Å²) in [5.41, 5.74) is 2.29. The van der Waals surface area contributed by atoms with Crippen molar-refractivity contribution in [2.75, 3.05) is 19.4 Å². The number of thioether (sulfide) groups is 1. The van der Waals surface area contributed by atoms with Gasteiger partial charge in [-0.25, -0.2) is 4.98 Å². The summed E-state index contributed by atoms with van der Waals surface area (Å²) in [6, 6.07) is 7.81. The first-order chi connectivity index (χ1) is 15.6. The van der Waals surface area contributed by atoms with Gasteiger partial charge in [-0.1, -0.05) is 30.0 Å². The largest absolute Gasteiger partial charge is 0.497 e. The van der Waals surface area contributed by atoms with E-state index < -0.39 is 0 Å². The summed E-state index contributed by atoms with van der Waals surface area (Å²) < 4.78 is 6.81. The third kappa shape index (κ3) is 4.91. The summed E-state index contributed by atoms with van der Waals surface area (Å²) in [6.07, 6.45) is 6.70. The SMILES string of the molecule is C=CCn1c(SCC(=O)NCCc2ccc(OC)cc2)nc2sc3c(c2c1=O)CCCC3. The zero-order chi connectivity index (χ0) is 22.5. The minimum absolute atomic E-state index is 0.0169. The molecule has 3 aromatic rings. The number of aromatic nitrogens is 2. The van der Waals surface area contributed by atoms with E-state index in [1.165, 1.54) is 28.6 Å². The van der Waals surface area contributed by atoms with Crippen LogP contribution in [0.1, 0.15) is 28.8 Å². The number of ether oxygens (including phenoxy) is 1. The van der Waals surface area contributed by atoms with Crippen molar-refractivity contribution in [3.05, 3.63) is 63.3 Å². The van der Waals surface area contributed by atoms with Gasteiger partial charge in [0.15, 0.2) is 5.16 Å². The van der Waals surface area contributed by atoms with Crippen molar-refractivity contribution in [2.45, 2.75) is 43.8 Å². The minimum atomic E-state index is -0.0755. The van der Waals surface area contributed by atoms with E-state index in [1.54, 1.807) is 29.1 Å². The van der Waals surface area contributed by atoms with Gasteiger partial charge in [0.05, 0.1) is 18.2 Å². The first-order valence-electron chi connectivity index (χ1n) is 10.8. The van der Waals surface area contributed by atoms with Crippen LogP contribution in [0.2, 0.25) is 0 Å². The molecule has 32 heavy (non-hydrogen) atoms. The molecule has 4 rings (SSSR count). The third-order valence-corrected chi connectivity index (χ3v) is 7.74. The molecule has 0 saturated carbocycles. The van der Waals surface area contributed by atoms with Gasteiger partial charge in [0, 0.05) is 18.0 Å². The second-order valence-corrected chi connectivity index (χ2v) is 9.75. The lowest BCUT2D eigenvalue weighted by atomic mass is 9.97. The molecule has 2 aromatic heterocycles. The molecule has 1 amide bonds. The van der Waals surface area contributed by atoms with Gasteiger partial charge < -0.3 is 10.1 Å². The molecule has 8 heteroatoms. The number of carbonyl (C=O) groups is 1. The van der Waals surface area contributed by atoms with Crippen LogP contribution in [0.5, 0.6) is 5.75 Å². The first kappa shape index (κ1) is 22.6. The van der Waals surface area contributed by atoms with Crippen molar-refractivity contribution in [1.82, 2.24) is 14.9 Å². The van der Waals surface area contributed by atoms with Gasteiger partial charge in [-0.15, -0.1) is 17.9 Å². The average molecular weight is 470 g/mol. The number of allylic oxidation sites excluding steroid dienone is 1. The molecule has 1 aromatic carbocycles. The lowest BCUT2D eigenvalue weighted by molar-refractivity contribution is -0.118. The first-order valence-corrected chi connectivity index (χ1v) is 12.6. The van der Waals surface area contributed by atoms with Crippen molar-refractivity contribution >= 4 is 39.2 Å². The molecule has 1 N–H and O–H groups in total.